The van der Waals surface area contributed by atoms with Gasteiger partial charge in [0.15, 0.2) is 6.61 Å². The molecule has 1 aromatic rings. The van der Waals surface area contributed by atoms with Crippen LogP contribution in [0.1, 0.15) is 51.0 Å². The highest BCUT2D eigenvalue weighted by atomic mass is 16.5. The summed E-state index contributed by atoms with van der Waals surface area (Å²) < 4.78 is 5.50. The van der Waals surface area contributed by atoms with Crippen molar-refractivity contribution in [2.45, 2.75) is 58.4 Å². The summed E-state index contributed by atoms with van der Waals surface area (Å²) in [5, 5.41) is 3.03. The second-order valence-corrected chi connectivity index (χ2v) is 8.17. The quantitative estimate of drug-likeness (QED) is 0.663. The first-order chi connectivity index (χ1) is 13.5. The van der Waals surface area contributed by atoms with Crippen molar-refractivity contribution in [3.8, 4) is 5.75 Å². The standard InChI is InChI=1S/C22H33N3O3/c1-17-9-10-20-19(15-17)25(22(27)16-28-20)14-5-8-21(26)23-11-6-13-24-12-4-3-7-18(24)2/h9-10,15,18H,3-8,11-14,16H2,1-2H3,(H,23,26)/p+1/t18-/m1/s1. The number of ether oxygens (including phenoxy) is 1. The van der Waals surface area contributed by atoms with Gasteiger partial charge in [0.2, 0.25) is 5.91 Å². The lowest BCUT2D eigenvalue weighted by molar-refractivity contribution is -0.928. The van der Waals surface area contributed by atoms with Crippen molar-refractivity contribution < 1.29 is 19.2 Å². The molecule has 1 aromatic carbocycles. The maximum atomic E-state index is 12.2. The van der Waals surface area contributed by atoms with Crippen LogP contribution < -0.4 is 19.9 Å². The number of anilines is 1. The van der Waals surface area contributed by atoms with Crippen molar-refractivity contribution in [3.63, 3.8) is 0 Å². The highest BCUT2D eigenvalue weighted by Gasteiger charge is 2.25. The van der Waals surface area contributed by atoms with Crippen LogP contribution in [0.5, 0.6) is 5.75 Å². The zero-order valence-electron chi connectivity index (χ0n) is 17.3. The SMILES string of the molecule is Cc1ccc2c(c1)N(CCCC(=O)NCCC[NH+]1CCCC[C@H]1C)C(=O)CO2. The van der Waals surface area contributed by atoms with Gasteiger partial charge in [0.25, 0.3) is 5.91 Å². The van der Waals surface area contributed by atoms with Crippen molar-refractivity contribution in [2.24, 2.45) is 0 Å². The highest BCUT2D eigenvalue weighted by Crippen LogP contribution is 2.32. The topological polar surface area (TPSA) is 63.1 Å². The third-order valence-electron chi connectivity index (χ3n) is 5.92. The number of rotatable bonds is 8. The maximum absolute atomic E-state index is 12.2. The molecule has 2 aliphatic rings. The molecule has 1 unspecified atom stereocenters. The fourth-order valence-electron chi connectivity index (χ4n) is 4.21. The molecule has 0 aliphatic carbocycles. The molecule has 2 atom stereocenters. The van der Waals surface area contributed by atoms with E-state index < -0.39 is 0 Å². The summed E-state index contributed by atoms with van der Waals surface area (Å²) >= 11 is 0. The molecule has 1 fully saturated rings. The van der Waals surface area contributed by atoms with Gasteiger partial charge in [-0.2, -0.15) is 0 Å². The van der Waals surface area contributed by atoms with E-state index in [4.69, 9.17) is 4.74 Å². The van der Waals surface area contributed by atoms with Crippen LogP contribution in [0.4, 0.5) is 5.69 Å². The molecule has 3 rings (SSSR count). The van der Waals surface area contributed by atoms with Crippen molar-refractivity contribution in [1.29, 1.82) is 0 Å². The predicted molar refractivity (Wildman–Crippen MR) is 110 cm³/mol. The molecule has 0 saturated carbocycles. The predicted octanol–water partition coefficient (Wildman–Crippen LogP) is 1.46. The van der Waals surface area contributed by atoms with E-state index in [-0.39, 0.29) is 18.4 Å². The van der Waals surface area contributed by atoms with Gasteiger partial charge < -0.3 is 19.9 Å². The van der Waals surface area contributed by atoms with E-state index in [9.17, 15) is 9.59 Å². The molecule has 28 heavy (non-hydrogen) atoms. The van der Waals surface area contributed by atoms with E-state index in [1.54, 1.807) is 9.80 Å². The van der Waals surface area contributed by atoms with Gasteiger partial charge >= 0.3 is 0 Å². The largest absolute Gasteiger partial charge is 0.482 e. The third kappa shape index (κ3) is 5.47. The first kappa shape index (κ1) is 20.6. The maximum Gasteiger partial charge on any atom is 0.265 e. The molecule has 0 spiro atoms. The van der Waals surface area contributed by atoms with E-state index in [0.717, 1.165) is 42.6 Å². The van der Waals surface area contributed by atoms with Gasteiger partial charge in [-0.25, -0.2) is 0 Å². The molecule has 154 valence electrons. The zero-order valence-corrected chi connectivity index (χ0v) is 17.3. The van der Waals surface area contributed by atoms with Gasteiger partial charge in [-0.05, 0) is 57.2 Å². The summed E-state index contributed by atoms with van der Waals surface area (Å²) in [5.41, 5.74) is 1.90. The Hall–Kier alpha value is -2.08. The molecular weight excluding hydrogens is 354 g/mol. The second kappa shape index (κ2) is 9.92. The number of hydrogen-bond acceptors (Lipinski definition) is 3. The van der Waals surface area contributed by atoms with Gasteiger partial charge in [0.05, 0.1) is 24.8 Å². The Morgan fingerprint density at radius 1 is 1.32 bits per heavy atom. The minimum absolute atomic E-state index is 0.0443. The van der Waals surface area contributed by atoms with E-state index in [2.05, 4.69) is 12.2 Å². The van der Waals surface area contributed by atoms with Crippen LogP contribution in [-0.4, -0.2) is 50.6 Å². The number of likely N-dealkylation sites (tertiary alicyclic amines) is 1. The average Bonchev–Trinajstić information content (AvgIpc) is 2.68. The normalized spacial score (nSPS) is 21.8. The second-order valence-electron chi connectivity index (χ2n) is 8.17. The van der Waals surface area contributed by atoms with E-state index in [1.165, 1.54) is 25.8 Å². The number of hydrogen-bond donors (Lipinski definition) is 2. The van der Waals surface area contributed by atoms with Crippen molar-refractivity contribution in [3.05, 3.63) is 23.8 Å². The van der Waals surface area contributed by atoms with Crippen molar-refractivity contribution >= 4 is 17.5 Å². The van der Waals surface area contributed by atoms with Crippen molar-refractivity contribution in [2.75, 3.05) is 37.7 Å². The minimum atomic E-state index is -0.0443. The van der Waals surface area contributed by atoms with E-state index in [0.29, 0.717) is 19.4 Å². The summed E-state index contributed by atoms with van der Waals surface area (Å²) in [6.07, 6.45) is 6.13. The van der Waals surface area contributed by atoms with Crippen LogP contribution >= 0.6 is 0 Å². The number of quaternary nitrogens is 1. The summed E-state index contributed by atoms with van der Waals surface area (Å²) in [6.45, 7) is 8.09. The molecule has 6 nitrogen and oxygen atoms in total. The Morgan fingerprint density at radius 3 is 3.00 bits per heavy atom. The molecule has 0 radical (unpaired) electrons. The molecular formula is C22H34N3O3+. The summed E-state index contributed by atoms with van der Waals surface area (Å²) in [6, 6.07) is 6.60. The van der Waals surface area contributed by atoms with Crippen molar-refractivity contribution in [1.82, 2.24) is 5.32 Å². The third-order valence-corrected chi connectivity index (χ3v) is 5.92. The fraction of sp³-hybridized carbons (Fsp3) is 0.636. The van der Waals surface area contributed by atoms with Gasteiger partial charge in [0, 0.05) is 25.9 Å². The number of nitrogens with zero attached hydrogens (tertiary/aromatic N) is 1. The number of fused-ring (bicyclic) bond motifs is 1. The van der Waals surface area contributed by atoms with Gasteiger partial charge in [0.1, 0.15) is 5.75 Å². The molecule has 0 aromatic heterocycles. The Balaban J connectivity index is 1.36. The Kier molecular flexibility index (Phi) is 7.31. The lowest BCUT2D eigenvalue weighted by Crippen LogP contribution is -3.16. The molecule has 2 amide bonds. The van der Waals surface area contributed by atoms with E-state index in [1.807, 2.05) is 25.1 Å². The van der Waals surface area contributed by atoms with Gasteiger partial charge in [-0.15, -0.1) is 0 Å². The number of carbonyl (C=O) groups is 2. The number of amides is 2. The number of carbonyl (C=O) groups excluding carboxylic acids is 2. The van der Waals surface area contributed by atoms with Gasteiger partial charge in [-0.3, -0.25) is 9.59 Å². The summed E-state index contributed by atoms with van der Waals surface area (Å²) in [7, 11) is 0. The summed E-state index contributed by atoms with van der Waals surface area (Å²) in [4.78, 5) is 27.8. The smallest absolute Gasteiger partial charge is 0.265 e. The van der Waals surface area contributed by atoms with Crippen LogP contribution in [0.25, 0.3) is 0 Å². The first-order valence-electron chi connectivity index (χ1n) is 10.7. The fourth-order valence-corrected chi connectivity index (χ4v) is 4.21. The molecule has 0 bridgehead atoms. The molecule has 2 N–H and O–H groups in total. The van der Waals surface area contributed by atoms with Crippen LogP contribution in [0.15, 0.2) is 18.2 Å². The Bertz CT molecular complexity index is 692. The molecule has 2 aliphatic heterocycles. The average molecular weight is 389 g/mol. The monoisotopic (exact) mass is 388 g/mol. The number of aryl methyl sites for hydroxylation is 1. The molecule has 1 saturated heterocycles. The zero-order chi connectivity index (χ0) is 19.9. The highest BCUT2D eigenvalue weighted by molar-refractivity contribution is 5.97. The minimum Gasteiger partial charge on any atom is -0.482 e. The lowest BCUT2D eigenvalue weighted by atomic mass is 10.0. The Labute approximate surface area is 168 Å². The van der Waals surface area contributed by atoms with Crippen LogP contribution in [0.2, 0.25) is 0 Å². The first-order valence-corrected chi connectivity index (χ1v) is 10.7. The number of piperidine rings is 1. The van der Waals surface area contributed by atoms with E-state index >= 15 is 0 Å². The number of benzene rings is 1. The van der Waals surface area contributed by atoms with Crippen LogP contribution in [0.3, 0.4) is 0 Å². The Morgan fingerprint density at radius 2 is 2.18 bits per heavy atom. The number of nitrogens with one attached hydrogen (secondary N) is 2. The van der Waals surface area contributed by atoms with Crippen LogP contribution in [0, 0.1) is 6.92 Å². The molecule has 2 heterocycles. The molecule has 6 heteroatoms. The van der Waals surface area contributed by atoms with Gasteiger partial charge in [-0.1, -0.05) is 6.07 Å². The van der Waals surface area contributed by atoms with Crippen LogP contribution in [-0.2, 0) is 9.59 Å². The summed E-state index contributed by atoms with van der Waals surface area (Å²) in [5.74, 6) is 0.771. The lowest BCUT2D eigenvalue weighted by Gasteiger charge is -2.30.